The molecule has 0 bridgehead atoms. The van der Waals surface area contributed by atoms with Crippen LogP contribution in [-0.2, 0) is 6.54 Å². The number of hydrogen-bond acceptors (Lipinski definition) is 3. The number of benzene rings is 1. The number of imidazole rings is 1. The third-order valence-electron chi connectivity index (χ3n) is 3.17. The van der Waals surface area contributed by atoms with E-state index in [-0.39, 0.29) is 5.38 Å². The van der Waals surface area contributed by atoms with Crippen LogP contribution in [0, 0.1) is 6.92 Å². The van der Waals surface area contributed by atoms with Gasteiger partial charge in [-0.2, -0.15) is 0 Å². The van der Waals surface area contributed by atoms with Crippen LogP contribution in [0.4, 0.5) is 0 Å². The van der Waals surface area contributed by atoms with Crippen LogP contribution in [0.5, 0.6) is 0 Å². The molecule has 3 rings (SSSR count). The summed E-state index contributed by atoms with van der Waals surface area (Å²) in [7, 11) is 0. The van der Waals surface area contributed by atoms with Crippen LogP contribution in [0.15, 0.2) is 35.1 Å². The predicted octanol–water partition coefficient (Wildman–Crippen LogP) is 3.68. The first-order valence-electron chi connectivity index (χ1n) is 6.16. The number of alkyl halides is 1. The number of para-hydroxylation sites is 1. The minimum atomic E-state index is -0.154. The maximum Gasteiger partial charge on any atom is 0.128 e. The molecule has 0 saturated carbocycles. The van der Waals surface area contributed by atoms with E-state index in [1.54, 1.807) is 6.26 Å². The lowest BCUT2D eigenvalue weighted by Gasteiger charge is -2.09. The molecule has 0 fully saturated rings. The van der Waals surface area contributed by atoms with E-state index < -0.39 is 0 Å². The van der Waals surface area contributed by atoms with E-state index in [9.17, 15) is 0 Å². The molecule has 0 saturated heterocycles. The first-order valence-corrected chi connectivity index (χ1v) is 6.59. The Balaban J connectivity index is 2.21. The Kier molecular flexibility index (Phi) is 3.03. The van der Waals surface area contributed by atoms with Gasteiger partial charge in [-0.25, -0.2) is 4.98 Å². The number of aromatic nitrogens is 3. The number of hydrogen-bond donors (Lipinski definition) is 0. The normalized spacial score (nSPS) is 13.0. The largest absolute Gasteiger partial charge is 0.364 e. The topological polar surface area (TPSA) is 43.9 Å². The van der Waals surface area contributed by atoms with Gasteiger partial charge in [-0.05, 0) is 25.5 Å². The van der Waals surface area contributed by atoms with Crippen molar-refractivity contribution in [1.82, 2.24) is 14.7 Å². The van der Waals surface area contributed by atoms with E-state index in [0.717, 1.165) is 22.6 Å². The summed E-state index contributed by atoms with van der Waals surface area (Å²) in [6.45, 7) is 4.62. The molecule has 0 aliphatic carbocycles. The van der Waals surface area contributed by atoms with E-state index in [4.69, 9.17) is 16.1 Å². The van der Waals surface area contributed by atoms with Crippen molar-refractivity contribution < 1.29 is 4.52 Å². The molecule has 0 radical (unpaired) electrons. The van der Waals surface area contributed by atoms with E-state index in [0.29, 0.717) is 6.54 Å². The highest BCUT2D eigenvalue weighted by Crippen LogP contribution is 2.27. The highest BCUT2D eigenvalue weighted by Gasteiger charge is 2.17. The van der Waals surface area contributed by atoms with Crippen LogP contribution in [0.25, 0.3) is 11.0 Å². The third kappa shape index (κ3) is 2.12. The monoisotopic (exact) mass is 275 g/mol. The molecule has 2 aromatic heterocycles. The Morgan fingerprint density at radius 1 is 1.37 bits per heavy atom. The SMILES string of the molecule is Cc1cccc2nc(C(C)Cl)n(Cc3ccon3)c12. The zero-order valence-electron chi connectivity index (χ0n) is 10.8. The molecule has 0 amide bonds. The standard InChI is InChI=1S/C14H14ClN3O/c1-9-4-3-5-12-13(9)18(14(16-12)10(2)15)8-11-6-7-19-17-11/h3-7,10H,8H2,1-2H3. The molecule has 1 aromatic carbocycles. The van der Waals surface area contributed by atoms with Crippen molar-refractivity contribution in [2.75, 3.05) is 0 Å². The number of fused-ring (bicyclic) bond motifs is 1. The van der Waals surface area contributed by atoms with Crippen LogP contribution in [0.1, 0.15) is 29.4 Å². The second kappa shape index (κ2) is 4.70. The van der Waals surface area contributed by atoms with Gasteiger partial charge in [0.2, 0.25) is 0 Å². The van der Waals surface area contributed by atoms with Gasteiger partial charge in [0.15, 0.2) is 0 Å². The van der Waals surface area contributed by atoms with Gasteiger partial charge in [0.25, 0.3) is 0 Å². The minimum absolute atomic E-state index is 0.154. The Morgan fingerprint density at radius 2 is 2.21 bits per heavy atom. The van der Waals surface area contributed by atoms with Gasteiger partial charge in [0.1, 0.15) is 17.8 Å². The molecule has 3 aromatic rings. The fourth-order valence-electron chi connectivity index (χ4n) is 2.33. The van der Waals surface area contributed by atoms with Gasteiger partial charge in [-0.3, -0.25) is 0 Å². The summed E-state index contributed by atoms with van der Waals surface area (Å²) in [5.41, 5.74) is 4.11. The molecule has 0 N–H and O–H groups in total. The highest BCUT2D eigenvalue weighted by molar-refractivity contribution is 6.20. The van der Waals surface area contributed by atoms with Crippen LogP contribution in [0.3, 0.4) is 0 Å². The van der Waals surface area contributed by atoms with Crippen molar-refractivity contribution in [2.24, 2.45) is 0 Å². The maximum absolute atomic E-state index is 6.25. The quantitative estimate of drug-likeness (QED) is 0.685. The molecule has 0 aliphatic heterocycles. The van der Waals surface area contributed by atoms with Crippen molar-refractivity contribution in [3.8, 4) is 0 Å². The van der Waals surface area contributed by atoms with E-state index in [1.165, 1.54) is 5.56 Å². The average molecular weight is 276 g/mol. The fraction of sp³-hybridized carbons (Fsp3) is 0.286. The summed E-state index contributed by atoms with van der Waals surface area (Å²) in [4.78, 5) is 4.63. The smallest absolute Gasteiger partial charge is 0.128 e. The second-order valence-corrected chi connectivity index (χ2v) is 5.26. The average Bonchev–Trinajstić information content (AvgIpc) is 2.98. The van der Waals surface area contributed by atoms with Crippen LogP contribution in [-0.4, -0.2) is 14.7 Å². The van der Waals surface area contributed by atoms with Gasteiger partial charge >= 0.3 is 0 Å². The lowest BCUT2D eigenvalue weighted by molar-refractivity contribution is 0.409. The fourth-order valence-corrected chi connectivity index (χ4v) is 2.49. The van der Waals surface area contributed by atoms with Crippen molar-refractivity contribution >= 4 is 22.6 Å². The van der Waals surface area contributed by atoms with Crippen molar-refractivity contribution in [2.45, 2.75) is 25.8 Å². The summed E-state index contributed by atoms with van der Waals surface area (Å²) in [5, 5.41) is 3.81. The molecular formula is C14H14ClN3O. The summed E-state index contributed by atoms with van der Waals surface area (Å²) in [5.74, 6) is 0.856. The molecule has 0 aliphatic rings. The summed E-state index contributed by atoms with van der Waals surface area (Å²) >= 11 is 6.25. The van der Waals surface area contributed by atoms with Gasteiger partial charge < -0.3 is 9.09 Å². The predicted molar refractivity (Wildman–Crippen MR) is 74.3 cm³/mol. The Hall–Kier alpha value is -1.81. The highest BCUT2D eigenvalue weighted by atomic mass is 35.5. The first kappa shape index (κ1) is 12.2. The molecule has 98 valence electrons. The van der Waals surface area contributed by atoms with Crippen molar-refractivity contribution in [3.05, 3.63) is 47.6 Å². The Bertz CT molecular complexity index is 701. The number of nitrogens with zero attached hydrogens (tertiary/aromatic N) is 3. The number of halogens is 1. The van der Waals surface area contributed by atoms with Crippen molar-refractivity contribution in [1.29, 1.82) is 0 Å². The lowest BCUT2D eigenvalue weighted by atomic mass is 10.2. The second-order valence-electron chi connectivity index (χ2n) is 4.61. The summed E-state index contributed by atoms with van der Waals surface area (Å²) in [6.07, 6.45) is 1.57. The molecule has 1 unspecified atom stereocenters. The zero-order valence-corrected chi connectivity index (χ0v) is 11.6. The summed E-state index contributed by atoms with van der Waals surface area (Å²) < 4.78 is 7.00. The Morgan fingerprint density at radius 3 is 2.89 bits per heavy atom. The van der Waals surface area contributed by atoms with Crippen LogP contribution >= 0.6 is 11.6 Å². The van der Waals surface area contributed by atoms with Gasteiger partial charge in [0, 0.05) is 6.07 Å². The first-order chi connectivity index (χ1) is 9.16. The molecular weight excluding hydrogens is 262 g/mol. The summed E-state index contributed by atoms with van der Waals surface area (Å²) in [6, 6.07) is 7.94. The number of rotatable bonds is 3. The van der Waals surface area contributed by atoms with Gasteiger partial charge in [-0.1, -0.05) is 17.3 Å². The lowest BCUT2D eigenvalue weighted by Crippen LogP contribution is -2.06. The van der Waals surface area contributed by atoms with E-state index in [1.807, 2.05) is 25.1 Å². The Labute approximate surface area is 116 Å². The third-order valence-corrected chi connectivity index (χ3v) is 3.36. The van der Waals surface area contributed by atoms with E-state index in [2.05, 4.69) is 27.7 Å². The van der Waals surface area contributed by atoms with Gasteiger partial charge in [-0.15, -0.1) is 11.6 Å². The van der Waals surface area contributed by atoms with E-state index >= 15 is 0 Å². The molecule has 1 atom stereocenters. The minimum Gasteiger partial charge on any atom is -0.364 e. The van der Waals surface area contributed by atoms with Crippen LogP contribution in [0.2, 0.25) is 0 Å². The molecule has 5 heteroatoms. The van der Waals surface area contributed by atoms with Crippen molar-refractivity contribution in [3.63, 3.8) is 0 Å². The maximum atomic E-state index is 6.25. The molecule has 2 heterocycles. The molecule has 4 nitrogen and oxygen atoms in total. The van der Waals surface area contributed by atoms with Crippen LogP contribution < -0.4 is 0 Å². The molecule has 0 spiro atoms. The molecule has 19 heavy (non-hydrogen) atoms. The van der Waals surface area contributed by atoms with Gasteiger partial charge in [0.05, 0.1) is 23.0 Å². The zero-order chi connectivity index (χ0) is 13.4. The number of aryl methyl sites for hydroxylation is 1.